The fraction of sp³-hybridized carbons (Fsp3) is 0.941. The Balaban J connectivity index is 2.34. The molecule has 21 nitrogen and oxygen atoms in total. The first-order chi connectivity index (χ1) is 43.4. The van der Waals surface area contributed by atoms with Crippen molar-refractivity contribution in [1.29, 1.82) is 0 Å². The van der Waals surface area contributed by atoms with Crippen LogP contribution in [0.2, 0.25) is 0 Å². The number of phosphoric acid groups is 1. The summed E-state index contributed by atoms with van der Waals surface area (Å²) in [6, 6.07) is -3.26. The Morgan fingerprint density at radius 3 is 1.27 bits per heavy atom. The highest BCUT2D eigenvalue weighted by atomic mass is 31.2. The van der Waals surface area contributed by atoms with Crippen LogP contribution in [0.3, 0.4) is 0 Å². The van der Waals surface area contributed by atoms with E-state index in [1.54, 1.807) is 0 Å². The van der Waals surface area contributed by atoms with E-state index in [2.05, 4.69) is 38.3 Å². The summed E-state index contributed by atoms with van der Waals surface area (Å²) in [5.74, 6) is -3.00. The van der Waals surface area contributed by atoms with Gasteiger partial charge >= 0.3 is 19.8 Å². The molecule has 0 aromatic carbocycles. The van der Waals surface area contributed by atoms with Crippen LogP contribution in [-0.2, 0) is 52.0 Å². The number of rotatable bonds is 58. The molecule has 0 radical (unpaired) electrons. The summed E-state index contributed by atoms with van der Waals surface area (Å²) in [6.45, 7) is 7.00. The van der Waals surface area contributed by atoms with E-state index in [0.29, 0.717) is 38.5 Å². The first kappa shape index (κ1) is 83.7. The van der Waals surface area contributed by atoms with Gasteiger partial charge in [-0.05, 0) is 32.1 Å². The summed E-state index contributed by atoms with van der Waals surface area (Å²) in [5, 5.41) is 71.3. The van der Waals surface area contributed by atoms with E-state index in [4.69, 9.17) is 28.2 Å². The van der Waals surface area contributed by atoms with Crippen molar-refractivity contribution in [3.8, 4) is 0 Å². The van der Waals surface area contributed by atoms with Crippen molar-refractivity contribution in [1.82, 2.24) is 10.6 Å². The monoisotopic (exact) mass is 1310 g/mol. The molecule has 4 unspecified atom stereocenters. The predicted octanol–water partition coefficient (Wildman–Crippen LogP) is 11.8. The Hall–Kier alpha value is -2.37. The summed E-state index contributed by atoms with van der Waals surface area (Å²) in [7, 11) is -5.50. The highest BCUT2D eigenvalue weighted by Crippen LogP contribution is 2.42. The third kappa shape index (κ3) is 40.1. The van der Waals surface area contributed by atoms with E-state index < -0.39 is 137 Å². The van der Waals surface area contributed by atoms with Gasteiger partial charge in [0.25, 0.3) is 0 Å². The molecule has 0 aromatic rings. The normalized spacial score (nSPS) is 23.1. The Morgan fingerprint density at radius 1 is 0.467 bits per heavy atom. The van der Waals surface area contributed by atoms with E-state index in [1.165, 1.54) is 96.3 Å². The molecule has 90 heavy (non-hydrogen) atoms. The van der Waals surface area contributed by atoms with Gasteiger partial charge in [-0.25, -0.2) is 4.57 Å². The Morgan fingerprint density at radius 2 is 0.856 bits per heavy atom. The number of hydrogen-bond donors (Lipinski definition) is 10. The molecule has 22 heteroatoms. The van der Waals surface area contributed by atoms with Gasteiger partial charge in [0.1, 0.15) is 48.7 Å². The Kier molecular flexibility index (Phi) is 49.2. The lowest BCUT2D eigenvalue weighted by Gasteiger charge is -2.46. The topological polar surface area (TPSA) is 327 Å². The number of amides is 2. The first-order valence-electron chi connectivity index (χ1n) is 36.0. The number of aliphatic hydroxyl groups excluding tert-OH is 6. The first-order valence-corrected chi connectivity index (χ1v) is 37.6. The molecule has 2 aliphatic heterocycles. The zero-order valence-corrected chi connectivity index (χ0v) is 57.1. The lowest BCUT2D eigenvalue weighted by Crippen LogP contribution is -2.67. The average Bonchev–Trinajstić information content (AvgIpc) is 0.826. The number of nitrogens with one attached hydrogen (secondary N) is 2. The maximum atomic E-state index is 14.4. The maximum absolute atomic E-state index is 14.4. The number of hydrogen-bond acceptors (Lipinski definition) is 17. The third-order valence-corrected chi connectivity index (χ3v) is 18.1. The quantitative estimate of drug-likeness (QED) is 0.0154. The second-order valence-corrected chi connectivity index (χ2v) is 27.2. The fourth-order valence-electron chi connectivity index (χ4n) is 12.2. The van der Waals surface area contributed by atoms with Crippen LogP contribution in [0, 0.1) is 0 Å². The minimum Gasteiger partial charge on any atom is -0.462 e. The summed E-state index contributed by atoms with van der Waals surface area (Å²) >= 11 is 0. The fourth-order valence-corrected chi connectivity index (χ4v) is 12.7. The number of phosphoric ester groups is 1. The molecule has 0 bridgehead atoms. The van der Waals surface area contributed by atoms with Gasteiger partial charge in [0, 0.05) is 6.42 Å². The highest BCUT2D eigenvalue weighted by molar-refractivity contribution is 7.46. The largest absolute Gasteiger partial charge is 0.470 e. The average molecular weight is 1310 g/mol. The summed E-state index contributed by atoms with van der Waals surface area (Å²) < 4.78 is 47.7. The SMILES string of the molecule is CCCCCCCCCCCCCC(=O)O[C@H](CCCCCCCCCCC)CC(=O)OC1[C@H](OP(=O)(O)O)C(CO)O[C@@H](OCC2O[C@H](O)C(NC(=O)C[C@H](O)CCCCCCCCCCC)[C@@H](O)[C@@H]2O)[C@H]1NC(=O)C[C@H](O)CCCCCCCCCCC. The standard InChI is InChI=1S/C68H129N2O19P/c1-5-9-13-17-21-25-26-30-34-38-42-46-59(76)85-54(45-41-37-33-29-24-20-16-12-8-4)49-60(77)88-66-62(70-58(75)48-53(73)44-40-36-32-28-23-19-15-11-7-3)68(87-55(50-71)65(66)89-90(81,82)83)84-51-56-63(78)64(79)61(67(80)86-56)69-57(74)47-52(72)43-39-35-31-27-22-18-14-10-6-2/h52-56,61-68,71-73,78-80H,5-51H2,1-4H3,(H,69,74)(H,70,75)(H2,81,82,83)/t52-,53-,54-,55?,56?,61?,62+,63-,64-,65-,66?,67+,68-/m1/s1. The summed E-state index contributed by atoms with van der Waals surface area (Å²) in [4.78, 5) is 75.4. The number of carbonyl (C=O) groups is 4. The molecule has 530 valence electrons. The van der Waals surface area contributed by atoms with E-state index >= 15 is 0 Å². The molecule has 2 saturated heterocycles. The zero-order chi connectivity index (χ0) is 66.2. The van der Waals surface area contributed by atoms with Crippen LogP contribution in [0.25, 0.3) is 0 Å². The van der Waals surface area contributed by atoms with Gasteiger partial charge in [0.2, 0.25) is 11.8 Å². The van der Waals surface area contributed by atoms with Crippen molar-refractivity contribution in [3.63, 3.8) is 0 Å². The van der Waals surface area contributed by atoms with Crippen molar-refractivity contribution in [3.05, 3.63) is 0 Å². The molecular formula is C68H129N2O19P. The molecule has 2 aliphatic rings. The molecule has 2 amide bonds. The van der Waals surface area contributed by atoms with Crippen molar-refractivity contribution < 1.29 is 92.4 Å². The van der Waals surface area contributed by atoms with Gasteiger partial charge in [-0.1, -0.05) is 259 Å². The number of carbonyl (C=O) groups excluding carboxylic acids is 4. The molecule has 2 rings (SSSR count). The van der Waals surface area contributed by atoms with Crippen LogP contribution in [0.1, 0.15) is 317 Å². The molecule has 2 heterocycles. The number of aliphatic hydroxyl groups is 6. The summed E-state index contributed by atoms with van der Waals surface area (Å²) in [6.07, 6.45) is 22.6. The minimum absolute atomic E-state index is 0.140. The van der Waals surface area contributed by atoms with Crippen LogP contribution in [0.5, 0.6) is 0 Å². The van der Waals surface area contributed by atoms with E-state index in [9.17, 15) is 64.2 Å². The predicted molar refractivity (Wildman–Crippen MR) is 348 cm³/mol. The molecule has 13 atom stereocenters. The van der Waals surface area contributed by atoms with Crippen molar-refractivity contribution in [2.45, 2.75) is 396 Å². The van der Waals surface area contributed by atoms with Crippen LogP contribution in [-0.4, -0.2) is 157 Å². The van der Waals surface area contributed by atoms with E-state index in [-0.39, 0.29) is 19.3 Å². The molecule has 0 spiro atoms. The molecule has 0 saturated carbocycles. The highest BCUT2D eigenvalue weighted by Gasteiger charge is 2.53. The van der Waals surface area contributed by atoms with Crippen LogP contribution >= 0.6 is 7.82 Å². The minimum atomic E-state index is -5.50. The van der Waals surface area contributed by atoms with Gasteiger partial charge < -0.3 is 74.7 Å². The molecule has 0 aliphatic carbocycles. The van der Waals surface area contributed by atoms with Crippen LogP contribution < -0.4 is 10.6 Å². The summed E-state index contributed by atoms with van der Waals surface area (Å²) in [5.41, 5.74) is 0. The second-order valence-electron chi connectivity index (χ2n) is 26.0. The lowest BCUT2D eigenvalue weighted by molar-refractivity contribution is -0.297. The number of esters is 2. The smallest absolute Gasteiger partial charge is 0.462 e. The zero-order valence-electron chi connectivity index (χ0n) is 56.3. The Labute approximate surface area is 542 Å². The van der Waals surface area contributed by atoms with Crippen molar-refractivity contribution >= 4 is 31.6 Å². The maximum Gasteiger partial charge on any atom is 0.470 e. The van der Waals surface area contributed by atoms with Gasteiger partial charge in [-0.3, -0.25) is 23.7 Å². The second kappa shape index (κ2) is 52.9. The number of unbranched alkanes of at least 4 members (excludes halogenated alkanes) is 34. The lowest BCUT2D eigenvalue weighted by atomic mass is 9.95. The number of ether oxygens (including phenoxy) is 5. The molecule has 2 fully saturated rings. The van der Waals surface area contributed by atoms with Crippen molar-refractivity contribution in [2.75, 3.05) is 13.2 Å². The van der Waals surface area contributed by atoms with Crippen LogP contribution in [0.4, 0.5) is 0 Å². The Bertz CT molecular complexity index is 1850. The van der Waals surface area contributed by atoms with E-state index in [0.717, 1.165) is 122 Å². The van der Waals surface area contributed by atoms with Gasteiger partial charge in [-0.15, -0.1) is 0 Å². The van der Waals surface area contributed by atoms with Gasteiger partial charge in [-0.2, -0.15) is 0 Å². The van der Waals surface area contributed by atoms with Crippen molar-refractivity contribution in [2.24, 2.45) is 0 Å². The molecular weight excluding hydrogens is 1180 g/mol. The molecule has 0 aromatic heterocycles. The third-order valence-electron chi connectivity index (χ3n) is 17.6. The van der Waals surface area contributed by atoms with Crippen LogP contribution in [0.15, 0.2) is 0 Å². The van der Waals surface area contributed by atoms with E-state index in [1.807, 2.05) is 0 Å². The van der Waals surface area contributed by atoms with Gasteiger partial charge in [0.05, 0.1) is 44.7 Å². The van der Waals surface area contributed by atoms with Gasteiger partial charge in [0.15, 0.2) is 18.7 Å². The molecule has 10 N–H and O–H groups in total.